The Labute approximate surface area is 217 Å². The summed E-state index contributed by atoms with van der Waals surface area (Å²) in [6.07, 6.45) is 0. The summed E-state index contributed by atoms with van der Waals surface area (Å²) < 4.78 is 35.6. The van der Waals surface area contributed by atoms with Crippen molar-refractivity contribution in [3.05, 3.63) is 81.4 Å². The lowest BCUT2D eigenvalue weighted by Crippen LogP contribution is -2.38. The third-order valence-electron chi connectivity index (χ3n) is 5.44. The molecule has 1 heterocycles. The number of methoxy groups -OCH3 is 1. The first-order chi connectivity index (χ1) is 17.1. The molecule has 0 aliphatic rings. The van der Waals surface area contributed by atoms with Crippen molar-refractivity contribution in [1.29, 1.82) is 0 Å². The zero-order valence-corrected chi connectivity index (χ0v) is 22.2. The number of carbonyl (C=O) groups is 1. The molecule has 0 saturated carbocycles. The largest absolute Gasteiger partial charge is 0.497 e. The van der Waals surface area contributed by atoms with Crippen LogP contribution in [0.4, 0.5) is 11.4 Å². The second kappa shape index (κ2) is 10.3. The van der Waals surface area contributed by atoms with E-state index in [-0.39, 0.29) is 21.5 Å². The van der Waals surface area contributed by atoms with Crippen molar-refractivity contribution >= 4 is 60.5 Å². The molecule has 11 heteroatoms. The van der Waals surface area contributed by atoms with Crippen LogP contribution in [0.2, 0.25) is 5.02 Å². The van der Waals surface area contributed by atoms with E-state index in [2.05, 4.69) is 5.32 Å². The van der Waals surface area contributed by atoms with Crippen LogP contribution in [0.3, 0.4) is 0 Å². The van der Waals surface area contributed by atoms with Gasteiger partial charge < -0.3 is 10.1 Å². The van der Waals surface area contributed by atoms with Crippen LogP contribution in [-0.2, 0) is 14.8 Å². The fourth-order valence-electron chi connectivity index (χ4n) is 3.76. The summed E-state index contributed by atoms with van der Waals surface area (Å²) in [5, 5.41) is 3.08. The molecule has 0 unspecified atom stereocenters. The number of nitrogens with one attached hydrogen (secondary N) is 1. The van der Waals surface area contributed by atoms with Gasteiger partial charge >= 0.3 is 4.87 Å². The van der Waals surface area contributed by atoms with Crippen LogP contribution in [0, 0.1) is 0 Å². The van der Waals surface area contributed by atoms with Gasteiger partial charge in [-0.25, -0.2) is 8.42 Å². The summed E-state index contributed by atoms with van der Waals surface area (Å²) in [6, 6.07) is 17.3. The molecule has 1 aromatic heterocycles. The van der Waals surface area contributed by atoms with E-state index >= 15 is 0 Å². The van der Waals surface area contributed by atoms with Gasteiger partial charge in [-0.15, -0.1) is 0 Å². The Morgan fingerprint density at radius 1 is 1.11 bits per heavy atom. The third kappa shape index (κ3) is 5.25. The Kier molecular flexibility index (Phi) is 7.39. The predicted octanol–water partition coefficient (Wildman–Crippen LogP) is 5.14. The molecule has 4 aromatic rings. The Morgan fingerprint density at radius 3 is 2.47 bits per heavy atom. The monoisotopic (exact) mass is 545 g/mol. The lowest BCUT2D eigenvalue weighted by molar-refractivity contribution is -0.114. The number of hydrogen-bond acceptors (Lipinski definition) is 6. The van der Waals surface area contributed by atoms with Crippen molar-refractivity contribution in [1.82, 2.24) is 4.57 Å². The molecule has 0 bridgehead atoms. The summed E-state index contributed by atoms with van der Waals surface area (Å²) in [4.78, 5) is 25.3. The van der Waals surface area contributed by atoms with Gasteiger partial charge in [0.25, 0.3) is 10.0 Å². The van der Waals surface area contributed by atoms with Crippen LogP contribution < -0.4 is 19.2 Å². The highest BCUT2D eigenvalue weighted by Gasteiger charge is 2.27. The topological polar surface area (TPSA) is 97.7 Å². The minimum atomic E-state index is -4.11. The van der Waals surface area contributed by atoms with E-state index in [9.17, 15) is 18.0 Å². The summed E-state index contributed by atoms with van der Waals surface area (Å²) in [5.41, 5.74) is 1.48. The molecule has 0 spiro atoms. The second-order valence-electron chi connectivity index (χ2n) is 8.23. The summed E-state index contributed by atoms with van der Waals surface area (Å²) in [5.74, 6) is -0.0490. The van der Waals surface area contributed by atoms with E-state index in [1.807, 2.05) is 13.8 Å². The fraction of sp³-hybridized carbons (Fsp3) is 0.200. The van der Waals surface area contributed by atoms with E-state index in [1.165, 1.54) is 37.4 Å². The van der Waals surface area contributed by atoms with Crippen LogP contribution in [0.5, 0.6) is 5.75 Å². The number of rotatable bonds is 8. The minimum Gasteiger partial charge on any atom is -0.497 e. The molecule has 1 N–H and O–H groups in total. The number of aromatic nitrogens is 1. The van der Waals surface area contributed by atoms with E-state index in [0.29, 0.717) is 16.5 Å². The molecular weight excluding hydrogens is 522 g/mol. The molecule has 3 aromatic carbocycles. The van der Waals surface area contributed by atoms with Crippen LogP contribution in [0.25, 0.3) is 10.2 Å². The average molecular weight is 546 g/mol. The van der Waals surface area contributed by atoms with E-state index < -0.39 is 22.5 Å². The molecule has 0 saturated heterocycles. The Morgan fingerprint density at radius 2 is 1.83 bits per heavy atom. The van der Waals surface area contributed by atoms with Crippen molar-refractivity contribution in [3.8, 4) is 5.75 Å². The minimum absolute atomic E-state index is 0.00102. The molecule has 0 aliphatic heterocycles. The van der Waals surface area contributed by atoms with Crippen molar-refractivity contribution in [3.63, 3.8) is 0 Å². The number of sulfonamides is 1. The lowest BCUT2D eigenvalue weighted by atomic mass is 10.2. The van der Waals surface area contributed by atoms with Crippen molar-refractivity contribution in [2.75, 3.05) is 23.3 Å². The number of carbonyl (C=O) groups excluding carboxylic acids is 1. The van der Waals surface area contributed by atoms with Gasteiger partial charge in [-0.05, 0) is 74.5 Å². The van der Waals surface area contributed by atoms with Crippen molar-refractivity contribution in [2.24, 2.45) is 0 Å². The summed E-state index contributed by atoms with van der Waals surface area (Å²) >= 11 is 7.21. The highest BCUT2D eigenvalue weighted by molar-refractivity contribution is 7.92. The zero-order chi connectivity index (χ0) is 26.0. The highest BCUT2D eigenvalue weighted by Crippen LogP contribution is 2.28. The summed E-state index contributed by atoms with van der Waals surface area (Å²) in [6.45, 7) is 3.36. The first-order valence-corrected chi connectivity index (χ1v) is 13.6. The average Bonchev–Trinajstić information content (AvgIpc) is 3.17. The number of halogens is 1. The van der Waals surface area contributed by atoms with Crippen molar-refractivity contribution < 1.29 is 17.9 Å². The third-order valence-corrected chi connectivity index (χ3v) is 8.39. The second-order valence-corrected chi connectivity index (χ2v) is 11.5. The van der Waals surface area contributed by atoms with Gasteiger partial charge in [0.1, 0.15) is 12.3 Å². The number of anilines is 2. The standard InChI is InChI=1S/C25H24ClN3O5S2/c1-16(2)29-22-12-7-18(14-23(22)35-25(29)31)27-24(30)15-28(19-6-4-5-17(26)13-19)36(32,33)21-10-8-20(34-3)9-11-21/h4-14,16H,15H2,1-3H3,(H,27,30). The normalized spacial score (nSPS) is 11.6. The quantitative estimate of drug-likeness (QED) is 0.330. The number of nitrogens with zero attached hydrogens (tertiary/aromatic N) is 2. The maximum Gasteiger partial charge on any atom is 0.308 e. The van der Waals surface area contributed by atoms with Gasteiger partial charge in [-0.3, -0.25) is 18.5 Å². The number of fused-ring (bicyclic) bond motifs is 1. The van der Waals surface area contributed by atoms with E-state index in [4.69, 9.17) is 16.3 Å². The van der Waals surface area contributed by atoms with Crippen molar-refractivity contribution in [2.45, 2.75) is 24.8 Å². The Hall–Kier alpha value is -3.34. The highest BCUT2D eigenvalue weighted by atomic mass is 35.5. The van der Waals surface area contributed by atoms with E-state index in [1.54, 1.807) is 41.0 Å². The molecule has 8 nitrogen and oxygen atoms in total. The van der Waals surface area contributed by atoms with Gasteiger partial charge in [0.15, 0.2) is 0 Å². The summed E-state index contributed by atoms with van der Waals surface area (Å²) in [7, 11) is -2.63. The Bertz CT molecular complexity index is 1580. The van der Waals surface area contributed by atoms with Crippen LogP contribution >= 0.6 is 22.9 Å². The number of benzene rings is 3. The zero-order valence-electron chi connectivity index (χ0n) is 19.8. The number of amides is 1. The van der Waals surface area contributed by atoms with Crippen LogP contribution in [0.1, 0.15) is 19.9 Å². The number of hydrogen-bond donors (Lipinski definition) is 1. The molecular formula is C25H24ClN3O5S2. The van der Waals surface area contributed by atoms with Gasteiger partial charge in [0, 0.05) is 16.8 Å². The fourth-order valence-corrected chi connectivity index (χ4v) is 6.41. The first-order valence-electron chi connectivity index (χ1n) is 11.0. The Balaban J connectivity index is 1.64. The molecule has 0 atom stereocenters. The molecule has 36 heavy (non-hydrogen) atoms. The molecule has 0 fully saturated rings. The smallest absolute Gasteiger partial charge is 0.308 e. The van der Waals surface area contributed by atoms with Gasteiger partial charge in [-0.1, -0.05) is 29.0 Å². The molecule has 188 valence electrons. The lowest BCUT2D eigenvalue weighted by Gasteiger charge is -2.24. The van der Waals surface area contributed by atoms with Crippen LogP contribution in [0.15, 0.2) is 76.4 Å². The van der Waals surface area contributed by atoms with Gasteiger partial charge in [0.2, 0.25) is 5.91 Å². The van der Waals surface area contributed by atoms with E-state index in [0.717, 1.165) is 25.9 Å². The number of thiazole rings is 1. The number of ether oxygens (including phenoxy) is 1. The van der Waals surface area contributed by atoms with Crippen LogP contribution in [-0.4, -0.2) is 32.5 Å². The maximum atomic E-state index is 13.5. The predicted molar refractivity (Wildman–Crippen MR) is 144 cm³/mol. The molecule has 4 rings (SSSR count). The van der Waals surface area contributed by atoms with Gasteiger partial charge in [-0.2, -0.15) is 0 Å². The van der Waals surface area contributed by atoms with Gasteiger partial charge in [0.05, 0.1) is 27.9 Å². The molecule has 0 radical (unpaired) electrons. The molecule has 1 amide bonds. The maximum absolute atomic E-state index is 13.5. The SMILES string of the molecule is COc1ccc(S(=O)(=O)N(CC(=O)Nc2ccc3c(c2)sc(=O)n3C(C)C)c2cccc(Cl)c2)cc1. The first kappa shape index (κ1) is 25.7. The molecule has 0 aliphatic carbocycles.